The van der Waals surface area contributed by atoms with E-state index in [0.717, 1.165) is 36.7 Å². The van der Waals surface area contributed by atoms with Crippen molar-refractivity contribution in [2.24, 2.45) is 13.0 Å². The number of benzene rings is 1. The molecular weight excluding hydrogens is 398 g/mol. The summed E-state index contributed by atoms with van der Waals surface area (Å²) in [7, 11) is 1.48. The lowest BCUT2D eigenvalue weighted by Gasteiger charge is -2.34. The second-order valence-electron chi connectivity index (χ2n) is 7.17. The van der Waals surface area contributed by atoms with Crippen molar-refractivity contribution in [2.75, 3.05) is 19.6 Å². The lowest BCUT2D eigenvalue weighted by molar-refractivity contribution is 0.0951. The van der Waals surface area contributed by atoms with Crippen LogP contribution in [0.1, 0.15) is 28.9 Å². The molecule has 1 aromatic carbocycles. The van der Waals surface area contributed by atoms with Gasteiger partial charge in [0.1, 0.15) is 17.3 Å². The molecule has 154 valence electrons. The maximum atomic E-state index is 13.3. The van der Waals surface area contributed by atoms with Gasteiger partial charge in [0, 0.05) is 32.3 Å². The molecule has 2 heterocycles. The summed E-state index contributed by atoms with van der Waals surface area (Å²) < 4.78 is 27.8. The molecule has 0 bridgehead atoms. The number of hydrogen-bond acceptors (Lipinski definition) is 4. The van der Waals surface area contributed by atoms with Crippen LogP contribution in [0.3, 0.4) is 0 Å². The zero-order valence-corrected chi connectivity index (χ0v) is 16.8. The second kappa shape index (κ2) is 9.21. The third kappa shape index (κ3) is 5.66. The molecule has 1 amide bonds. The van der Waals surface area contributed by atoms with Gasteiger partial charge in [0.15, 0.2) is 0 Å². The smallest absolute Gasteiger partial charge is 0.272 e. The molecule has 0 aliphatic carbocycles. The van der Waals surface area contributed by atoms with Crippen molar-refractivity contribution in [3.63, 3.8) is 0 Å². The van der Waals surface area contributed by atoms with Crippen LogP contribution in [0.5, 0.6) is 0 Å². The summed E-state index contributed by atoms with van der Waals surface area (Å²) >= 11 is 5.43. The van der Waals surface area contributed by atoms with Crippen molar-refractivity contribution >= 4 is 23.1 Å². The number of halogens is 2. The predicted octanol–water partition coefficient (Wildman–Crippen LogP) is 2.07. The van der Waals surface area contributed by atoms with Gasteiger partial charge in [-0.05, 0) is 48.9 Å². The van der Waals surface area contributed by atoms with E-state index in [-0.39, 0.29) is 17.8 Å². The van der Waals surface area contributed by atoms with Gasteiger partial charge in [-0.2, -0.15) is 5.10 Å². The molecule has 1 aromatic heterocycles. The van der Waals surface area contributed by atoms with E-state index < -0.39 is 17.5 Å². The van der Waals surface area contributed by atoms with E-state index >= 15 is 0 Å². The minimum absolute atomic E-state index is 0.149. The summed E-state index contributed by atoms with van der Waals surface area (Å²) in [5.41, 5.74) is 0.525. The fourth-order valence-corrected chi connectivity index (χ4v) is 3.69. The standard InChI is InChI=1S/C20H22F2N4O2S/c1-25-18(27)3-2-17(24-25)20(28)23-12-19(29)26-6-4-13(5-7-26)8-14-9-15(21)11-16(22)10-14/h2-3,9-11,13H,4-8,12H2,1H3,(H,23,28). The summed E-state index contributed by atoms with van der Waals surface area (Å²) in [4.78, 5) is 26.2. The zero-order valence-electron chi connectivity index (χ0n) is 16.0. The largest absolute Gasteiger partial charge is 0.365 e. The first-order chi connectivity index (χ1) is 13.8. The van der Waals surface area contributed by atoms with Crippen molar-refractivity contribution in [3.8, 4) is 0 Å². The third-order valence-electron chi connectivity index (χ3n) is 5.01. The number of hydrogen-bond donors (Lipinski definition) is 1. The molecule has 0 atom stereocenters. The number of aryl methyl sites for hydroxylation is 1. The molecule has 0 radical (unpaired) electrons. The lowest BCUT2D eigenvalue weighted by Crippen LogP contribution is -2.43. The van der Waals surface area contributed by atoms with E-state index in [0.29, 0.717) is 22.9 Å². The van der Waals surface area contributed by atoms with Gasteiger partial charge in [0.25, 0.3) is 11.5 Å². The highest BCUT2D eigenvalue weighted by atomic mass is 32.1. The Labute approximate surface area is 172 Å². The Balaban J connectivity index is 1.46. The van der Waals surface area contributed by atoms with E-state index in [1.54, 1.807) is 0 Å². The fraction of sp³-hybridized carbons (Fsp3) is 0.400. The van der Waals surface area contributed by atoms with Gasteiger partial charge in [0.05, 0.1) is 11.5 Å². The molecule has 9 heteroatoms. The van der Waals surface area contributed by atoms with Crippen LogP contribution in [-0.4, -0.2) is 45.2 Å². The van der Waals surface area contributed by atoms with Gasteiger partial charge in [0.2, 0.25) is 0 Å². The molecule has 3 rings (SSSR count). The number of rotatable bonds is 5. The van der Waals surface area contributed by atoms with Gasteiger partial charge < -0.3 is 10.2 Å². The number of nitrogens with zero attached hydrogens (tertiary/aromatic N) is 3. The Morgan fingerprint density at radius 2 is 1.86 bits per heavy atom. The van der Waals surface area contributed by atoms with E-state index in [1.165, 1.54) is 31.3 Å². The maximum Gasteiger partial charge on any atom is 0.272 e. The van der Waals surface area contributed by atoms with Crippen molar-refractivity contribution in [1.29, 1.82) is 0 Å². The van der Waals surface area contributed by atoms with Crippen LogP contribution >= 0.6 is 12.2 Å². The third-order valence-corrected chi connectivity index (χ3v) is 5.41. The number of aromatic nitrogens is 2. The molecule has 29 heavy (non-hydrogen) atoms. The normalized spacial score (nSPS) is 14.7. The molecular formula is C20H22F2N4O2S. The molecule has 0 spiro atoms. The number of likely N-dealkylation sites (tertiary alicyclic amines) is 1. The van der Waals surface area contributed by atoms with E-state index in [4.69, 9.17) is 12.2 Å². The minimum atomic E-state index is -0.553. The summed E-state index contributed by atoms with van der Waals surface area (Å²) in [5.74, 6) is -1.17. The first kappa shape index (κ1) is 21.0. The van der Waals surface area contributed by atoms with Crippen LogP contribution in [0.4, 0.5) is 8.78 Å². The van der Waals surface area contributed by atoms with Gasteiger partial charge in [-0.3, -0.25) is 9.59 Å². The Bertz CT molecular complexity index is 951. The highest BCUT2D eigenvalue weighted by molar-refractivity contribution is 7.80. The van der Waals surface area contributed by atoms with Crippen molar-refractivity contribution < 1.29 is 13.6 Å². The van der Waals surface area contributed by atoms with Crippen molar-refractivity contribution in [1.82, 2.24) is 20.0 Å². The number of carbonyl (C=O) groups is 1. The van der Waals surface area contributed by atoms with E-state index in [2.05, 4.69) is 10.4 Å². The van der Waals surface area contributed by atoms with Gasteiger partial charge in [-0.1, -0.05) is 12.2 Å². The topological polar surface area (TPSA) is 67.2 Å². The first-order valence-corrected chi connectivity index (χ1v) is 9.78. The number of amides is 1. The number of nitrogens with one attached hydrogen (secondary N) is 1. The Morgan fingerprint density at radius 1 is 1.21 bits per heavy atom. The summed E-state index contributed by atoms with van der Waals surface area (Å²) in [6.07, 6.45) is 2.34. The number of thiocarbonyl (C=S) groups is 1. The second-order valence-corrected chi connectivity index (χ2v) is 7.64. The highest BCUT2D eigenvalue weighted by Crippen LogP contribution is 2.23. The lowest BCUT2D eigenvalue weighted by atomic mass is 9.90. The molecule has 1 saturated heterocycles. The quantitative estimate of drug-likeness (QED) is 0.751. The maximum absolute atomic E-state index is 13.3. The molecule has 6 nitrogen and oxygen atoms in total. The molecule has 1 aliphatic rings. The molecule has 2 aromatic rings. The molecule has 1 fully saturated rings. The van der Waals surface area contributed by atoms with Gasteiger partial charge >= 0.3 is 0 Å². The van der Waals surface area contributed by atoms with Crippen LogP contribution in [0, 0.1) is 17.6 Å². The van der Waals surface area contributed by atoms with Crippen molar-refractivity contribution in [2.45, 2.75) is 19.3 Å². The van der Waals surface area contributed by atoms with E-state index in [1.807, 2.05) is 4.90 Å². The van der Waals surface area contributed by atoms with Crippen LogP contribution in [0.2, 0.25) is 0 Å². The van der Waals surface area contributed by atoms with Crippen LogP contribution in [0.25, 0.3) is 0 Å². The summed E-state index contributed by atoms with van der Waals surface area (Å²) in [6, 6.07) is 6.30. The van der Waals surface area contributed by atoms with Gasteiger partial charge in [-0.25, -0.2) is 13.5 Å². The zero-order chi connectivity index (χ0) is 21.0. The van der Waals surface area contributed by atoms with E-state index in [9.17, 15) is 18.4 Å². The molecule has 1 N–H and O–H groups in total. The first-order valence-electron chi connectivity index (χ1n) is 9.37. The van der Waals surface area contributed by atoms with Crippen LogP contribution < -0.4 is 10.9 Å². The number of carbonyl (C=O) groups excluding carboxylic acids is 1. The number of piperidine rings is 1. The SMILES string of the molecule is Cn1nc(C(=O)NCC(=S)N2CCC(Cc3cc(F)cc(F)c3)CC2)ccc1=O. The molecule has 1 aliphatic heterocycles. The van der Waals surface area contributed by atoms with Crippen LogP contribution in [0.15, 0.2) is 35.1 Å². The fourth-order valence-electron chi connectivity index (χ4n) is 3.43. The van der Waals surface area contributed by atoms with Crippen LogP contribution in [-0.2, 0) is 13.5 Å². The highest BCUT2D eigenvalue weighted by Gasteiger charge is 2.22. The van der Waals surface area contributed by atoms with Gasteiger partial charge in [-0.15, -0.1) is 0 Å². The summed E-state index contributed by atoms with van der Waals surface area (Å²) in [6.45, 7) is 1.67. The monoisotopic (exact) mass is 420 g/mol. The average molecular weight is 420 g/mol. The Morgan fingerprint density at radius 3 is 2.48 bits per heavy atom. The average Bonchev–Trinajstić information content (AvgIpc) is 2.67. The molecule has 0 unspecified atom stereocenters. The van der Waals surface area contributed by atoms with Crippen molar-refractivity contribution in [3.05, 3.63) is 63.6 Å². The predicted molar refractivity (Wildman–Crippen MR) is 109 cm³/mol. The summed E-state index contributed by atoms with van der Waals surface area (Å²) in [5, 5.41) is 6.63. The molecule has 0 saturated carbocycles. The minimum Gasteiger partial charge on any atom is -0.365 e. The Hall–Kier alpha value is -2.68. The Kier molecular flexibility index (Phi) is 6.68.